The van der Waals surface area contributed by atoms with E-state index in [-0.39, 0.29) is 17.3 Å². The quantitative estimate of drug-likeness (QED) is 0.886. The lowest BCUT2D eigenvalue weighted by Crippen LogP contribution is -2.53. The number of amides is 2. The van der Waals surface area contributed by atoms with E-state index in [2.05, 4.69) is 55.3 Å². The lowest BCUT2D eigenvalue weighted by molar-refractivity contribution is 0.192. The number of aryl methyl sites for hydroxylation is 1. The van der Waals surface area contributed by atoms with Crippen LogP contribution in [0.5, 0.6) is 0 Å². The molecule has 1 saturated heterocycles. The Kier molecular flexibility index (Phi) is 5.68. The van der Waals surface area contributed by atoms with Gasteiger partial charge in [0.25, 0.3) is 0 Å². The number of anilines is 1. The highest BCUT2D eigenvalue weighted by Gasteiger charge is 2.25. The molecule has 4 nitrogen and oxygen atoms in total. The van der Waals surface area contributed by atoms with E-state index in [9.17, 15) is 9.18 Å². The van der Waals surface area contributed by atoms with E-state index in [0.29, 0.717) is 19.6 Å². The zero-order chi connectivity index (χ0) is 19.4. The van der Waals surface area contributed by atoms with E-state index >= 15 is 0 Å². The Balaban J connectivity index is 1.50. The Hall–Kier alpha value is -2.56. The van der Waals surface area contributed by atoms with Crippen molar-refractivity contribution in [1.29, 1.82) is 0 Å². The molecule has 1 aliphatic rings. The van der Waals surface area contributed by atoms with Gasteiger partial charge in [0.05, 0.1) is 0 Å². The molecule has 1 fully saturated rings. The molecule has 0 atom stereocenters. The van der Waals surface area contributed by atoms with Gasteiger partial charge in [-0.05, 0) is 36.8 Å². The van der Waals surface area contributed by atoms with Crippen LogP contribution in [0.25, 0.3) is 0 Å². The number of nitrogens with zero attached hydrogens (tertiary/aromatic N) is 2. The largest absolute Gasteiger partial charge is 0.368 e. The summed E-state index contributed by atoms with van der Waals surface area (Å²) in [6.45, 7) is 9.77. The van der Waals surface area contributed by atoms with Crippen molar-refractivity contribution in [1.82, 2.24) is 10.2 Å². The molecule has 0 aromatic heterocycles. The van der Waals surface area contributed by atoms with Crippen LogP contribution in [-0.4, -0.2) is 43.7 Å². The maximum Gasteiger partial charge on any atom is 0.317 e. The van der Waals surface area contributed by atoms with E-state index in [1.807, 2.05) is 4.90 Å². The van der Waals surface area contributed by atoms with Gasteiger partial charge in [-0.15, -0.1) is 0 Å². The standard InChI is InChI=1S/C22H28FN3O/c1-17-4-6-18(7-5-17)22(2,3)16-24-21(27)26-14-12-25(13-15-26)20-10-8-19(23)9-11-20/h4-11H,12-16H2,1-3H3,(H,24,27). The van der Waals surface area contributed by atoms with E-state index in [1.165, 1.54) is 23.3 Å². The molecule has 0 saturated carbocycles. The third kappa shape index (κ3) is 4.79. The number of halogens is 1. The summed E-state index contributed by atoms with van der Waals surface area (Å²) in [4.78, 5) is 16.6. The molecule has 144 valence electrons. The van der Waals surface area contributed by atoms with Crippen molar-refractivity contribution in [2.45, 2.75) is 26.2 Å². The summed E-state index contributed by atoms with van der Waals surface area (Å²) in [6, 6.07) is 15.0. The van der Waals surface area contributed by atoms with Crippen molar-refractivity contribution >= 4 is 11.7 Å². The minimum absolute atomic E-state index is 0.0195. The van der Waals surface area contributed by atoms with Gasteiger partial charge in [-0.2, -0.15) is 0 Å². The van der Waals surface area contributed by atoms with Crippen LogP contribution in [0.1, 0.15) is 25.0 Å². The zero-order valence-electron chi connectivity index (χ0n) is 16.3. The first-order valence-electron chi connectivity index (χ1n) is 9.46. The van der Waals surface area contributed by atoms with Crippen molar-refractivity contribution in [2.24, 2.45) is 0 Å². The molecular weight excluding hydrogens is 341 g/mol. The van der Waals surface area contributed by atoms with Gasteiger partial charge in [0, 0.05) is 43.8 Å². The number of hydrogen-bond donors (Lipinski definition) is 1. The summed E-state index contributed by atoms with van der Waals surface area (Å²) in [5.74, 6) is -0.229. The summed E-state index contributed by atoms with van der Waals surface area (Å²) in [5, 5.41) is 3.09. The number of carbonyl (C=O) groups is 1. The van der Waals surface area contributed by atoms with Crippen LogP contribution in [0.3, 0.4) is 0 Å². The Morgan fingerprint density at radius 2 is 1.59 bits per heavy atom. The Morgan fingerprint density at radius 1 is 1.00 bits per heavy atom. The highest BCUT2D eigenvalue weighted by molar-refractivity contribution is 5.74. The van der Waals surface area contributed by atoms with Gasteiger partial charge in [0.2, 0.25) is 0 Å². The van der Waals surface area contributed by atoms with Crippen LogP contribution in [0.4, 0.5) is 14.9 Å². The second kappa shape index (κ2) is 7.99. The van der Waals surface area contributed by atoms with Gasteiger partial charge >= 0.3 is 6.03 Å². The molecule has 0 spiro atoms. The molecular formula is C22H28FN3O. The summed E-state index contributed by atoms with van der Waals surface area (Å²) in [7, 11) is 0. The lowest BCUT2D eigenvalue weighted by Gasteiger charge is -2.36. The average Bonchev–Trinajstić information content (AvgIpc) is 2.67. The van der Waals surface area contributed by atoms with Crippen LogP contribution in [0.2, 0.25) is 0 Å². The van der Waals surface area contributed by atoms with E-state index in [1.54, 1.807) is 12.1 Å². The SMILES string of the molecule is Cc1ccc(C(C)(C)CNC(=O)N2CCN(c3ccc(F)cc3)CC2)cc1. The average molecular weight is 369 g/mol. The fraction of sp³-hybridized carbons (Fsp3) is 0.409. The smallest absolute Gasteiger partial charge is 0.317 e. The molecule has 1 aliphatic heterocycles. The molecule has 0 unspecified atom stereocenters. The van der Waals surface area contributed by atoms with Crippen molar-refractivity contribution < 1.29 is 9.18 Å². The Bertz CT molecular complexity index is 763. The Morgan fingerprint density at radius 3 is 2.19 bits per heavy atom. The predicted octanol–water partition coefficient (Wildman–Crippen LogP) is 3.94. The highest BCUT2D eigenvalue weighted by Crippen LogP contribution is 2.23. The summed E-state index contributed by atoms with van der Waals surface area (Å²) >= 11 is 0. The number of piperazine rings is 1. The molecule has 2 aromatic rings. The minimum Gasteiger partial charge on any atom is -0.368 e. The van der Waals surface area contributed by atoms with E-state index in [0.717, 1.165) is 18.8 Å². The third-order valence-corrected chi connectivity index (χ3v) is 5.27. The van der Waals surface area contributed by atoms with Crippen LogP contribution in [-0.2, 0) is 5.41 Å². The summed E-state index contributed by atoms with van der Waals surface area (Å²) < 4.78 is 13.1. The van der Waals surface area contributed by atoms with Gasteiger partial charge in [0.15, 0.2) is 0 Å². The molecule has 1 N–H and O–H groups in total. The zero-order valence-corrected chi connectivity index (χ0v) is 16.3. The van der Waals surface area contributed by atoms with Crippen LogP contribution in [0, 0.1) is 12.7 Å². The molecule has 0 radical (unpaired) electrons. The first-order valence-corrected chi connectivity index (χ1v) is 9.46. The molecule has 0 aliphatic carbocycles. The molecule has 2 amide bonds. The second-order valence-corrected chi connectivity index (χ2v) is 7.86. The molecule has 1 heterocycles. The maximum absolute atomic E-state index is 13.1. The molecule has 5 heteroatoms. The van der Waals surface area contributed by atoms with Gasteiger partial charge in [-0.25, -0.2) is 9.18 Å². The first-order chi connectivity index (χ1) is 12.8. The van der Waals surface area contributed by atoms with Crippen LogP contribution in [0.15, 0.2) is 48.5 Å². The predicted molar refractivity (Wildman–Crippen MR) is 108 cm³/mol. The van der Waals surface area contributed by atoms with Crippen molar-refractivity contribution in [3.8, 4) is 0 Å². The second-order valence-electron chi connectivity index (χ2n) is 7.86. The van der Waals surface area contributed by atoms with Crippen LogP contribution >= 0.6 is 0 Å². The normalized spacial score (nSPS) is 15.0. The van der Waals surface area contributed by atoms with Crippen molar-refractivity contribution in [3.63, 3.8) is 0 Å². The van der Waals surface area contributed by atoms with Crippen LogP contribution < -0.4 is 10.2 Å². The number of urea groups is 1. The molecule has 27 heavy (non-hydrogen) atoms. The topological polar surface area (TPSA) is 35.6 Å². The molecule has 2 aromatic carbocycles. The van der Waals surface area contributed by atoms with Gasteiger partial charge < -0.3 is 15.1 Å². The summed E-state index contributed by atoms with van der Waals surface area (Å²) in [6.07, 6.45) is 0. The third-order valence-electron chi connectivity index (χ3n) is 5.27. The van der Waals surface area contributed by atoms with Crippen molar-refractivity contribution in [2.75, 3.05) is 37.6 Å². The summed E-state index contributed by atoms with van der Waals surface area (Å²) in [5.41, 5.74) is 3.32. The number of rotatable bonds is 4. The number of benzene rings is 2. The number of hydrogen-bond acceptors (Lipinski definition) is 2. The fourth-order valence-corrected chi connectivity index (χ4v) is 3.33. The van der Waals surface area contributed by atoms with E-state index < -0.39 is 0 Å². The number of carbonyl (C=O) groups excluding carboxylic acids is 1. The monoisotopic (exact) mass is 369 g/mol. The van der Waals surface area contributed by atoms with E-state index in [4.69, 9.17) is 0 Å². The van der Waals surface area contributed by atoms with Gasteiger partial charge in [-0.3, -0.25) is 0 Å². The fourth-order valence-electron chi connectivity index (χ4n) is 3.33. The first kappa shape index (κ1) is 19.2. The van der Waals surface area contributed by atoms with Crippen molar-refractivity contribution in [3.05, 3.63) is 65.5 Å². The minimum atomic E-state index is -0.229. The van der Waals surface area contributed by atoms with Gasteiger partial charge in [0.1, 0.15) is 5.82 Å². The number of nitrogens with one attached hydrogen (secondary N) is 1. The highest BCUT2D eigenvalue weighted by atomic mass is 19.1. The molecule has 0 bridgehead atoms. The molecule has 3 rings (SSSR count). The maximum atomic E-state index is 13.1. The van der Waals surface area contributed by atoms with Gasteiger partial charge in [-0.1, -0.05) is 43.7 Å². The lowest BCUT2D eigenvalue weighted by atomic mass is 9.84. The Labute approximate surface area is 161 Å².